The number of fused-ring (bicyclic) bond motifs is 1. The van der Waals surface area contributed by atoms with E-state index in [1.54, 1.807) is 13.1 Å². The number of hydrogen-bond donors (Lipinski definition) is 1. The summed E-state index contributed by atoms with van der Waals surface area (Å²) in [7, 11) is 1.63. The molecule has 74 valence electrons. The Balaban J connectivity index is 2.45. The van der Waals surface area contributed by atoms with Gasteiger partial charge >= 0.3 is 0 Å². The molecule has 0 saturated carbocycles. The number of carbonyl (C=O) groups is 1. The van der Waals surface area contributed by atoms with Crippen molar-refractivity contribution in [1.82, 2.24) is 5.32 Å². The summed E-state index contributed by atoms with van der Waals surface area (Å²) < 4.78 is 5.52. The molecule has 0 bridgehead atoms. The Morgan fingerprint density at radius 1 is 1.50 bits per heavy atom. The molecule has 1 aromatic carbocycles. The van der Waals surface area contributed by atoms with Crippen LogP contribution in [0.5, 0.6) is 5.75 Å². The van der Waals surface area contributed by atoms with Gasteiger partial charge in [-0.25, -0.2) is 0 Å². The minimum absolute atomic E-state index is 0.0799. The zero-order chi connectivity index (χ0) is 9.97. The average Bonchev–Trinajstić information content (AvgIpc) is 2.27. The number of nitrogens with one attached hydrogen (secondary N) is 1. The molecule has 0 fully saturated rings. The molecule has 0 radical (unpaired) electrons. The molecule has 1 aliphatic rings. The SMILES string of the molecule is CNC(=O)c1cccc2c1OCCC2. The normalized spacial score (nSPS) is 14.1. The van der Waals surface area contributed by atoms with Crippen molar-refractivity contribution >= 4 is 5.91 Å². The van der Waals surface area contributed by atoms with Crippen molar-refractivity contribution in [1.29, 1.82) is 0 Å². The lowest BCUT2D eigenvalue weighted by atomic mass is 10.0. The molecule has 0 atom stereocenters. The van der Waals surface area contributed by atoms with Crippen molar-refractivity contribution in [3.05, 3.63) is 29.3 Å². The topological polar surface area (TPSA) is 38.3 Å². The Morgan fingerprint density at radius 3 is 3.14 bits per heavy atom. The molecule has 0 spiro atoms. The van der Waals surface area contributed by atoms with Crippen LogP contribution in [0.3, 0.4) is 0 Å². The monoisotopic (exact) mass is 191 g/mol. The zero-order valence-electron chi connectivity index (χ0n) is 8.17. The van der Waals surface area contributed by atoms with Gasteiger partial charge in [0.15, 0.2) is 0 Å². The third-order valence-electron chi connectivity index (χ3n) is 2.41. The Kier molecular flexibility index (Phi) is 2.39. The van der Waals surface area contributed by atoms with Crippen molar-refractivity contribution in [3.8, 4) is 5.75 Å². The zero-order valence-corrected chi connectivity index (χ0v) is 8.17. The molecule has 0 unspecified atom stereocenters. The second-order valence-corrected chi connectivity index (χ2v) is 3.32. The lowest BCUT2D eigenvalue weighted by Crippen LogP contribution is -2.21. The lowest BCUT2D eigenvalue weighted by Gasteiger charge is -2.19. The second kappa shape index (κ2) is 3.70. The molecule has 0 aliphatic carbocycles. The summed E-state index contributed by atoms with van der Waals surface area (Å²) in [5.74, 6) is 0.682. The van der Waals surface area contributed by atoms with E-state index in [0.717, 1.165) is 24.2 Å². The number of rotatable bonds is 1. The number of aryl methyl sites for hydroxylation is 1. The number of carbonyl (C=O) groups excluding carboxylic acids is 1. The van der Waals surface area contributed by atoms with E-state index in [1.807, 2.05) is 12.1 Å². The molecule has 1 N–H and O–H groups in total. The van der Waals surface area contributed by atoms with E-state index in [-0.39, 0.29) is 5.91 Å². The molecule has 2 rings (SSSR count). The molecule has 0 aromatic heterocycles. The van der Waals surface area contributed by atoms with Crippen LogP contribution in [0.25, 0.3) is 0 Å². The summed E-state index contributed by atoms with van der Waals surface area (Å²) in [5.41, 5.74) is 1.78. The Labute approximate surface area is 83.1 Å². The van der Waals surface area contributed by atoms with Crippen molar-refractivity contribution < 1.29 is 9.53 Å². The number of ether oxygens (including phenoxy) is 1. The van der Waals surface area contributed by atoms with Crippen molar-refractivity contribution in [2.24, 2.45) is 0 Å². The van der Waals surface area contributed by atoms with Gasteiger partial charge in [-0.3, -0.25) is 4.79 Å². The predicted octanol–water partition coefficient (Wildman–Crippen LogP) is 1.37. The van der Waals surface area contributed by atoms with Crippen molar-refractivity contribution in [2.75, 3.05) is 13.7 Å². The number of benzene rings is 1. The second-order valence-electron chi connectivity index (χ2n) is 3.32. The molecular weight excluding hydrogens is 178 g/mol. The van der Waals surface area contributed by atoms with Gasteiger partial charge in [-0.1, -0.05) is 12.1 Å². The molecule has 14 heavy (non-hydrogen) atoms. The van der Waals surface area contributed by atoms with Crippen LogP contribution in [0.4, 0.5) is 0 Å². The minimum Gasteiger partial charge on any atom is -0.492 e. The van der Waals surface area contributed by atoms with Gasteiger partial charge in [-0.2, -0.15) is 0 Å². The van der Waals surface area contributed by atoms with Crippen molar-refractivity contribution in [3.63, 3.8) is 0 Å². The maximum Gasteiger partial charge on any atom is 0.254 e. The molecule has 1 amide bonds. The quantitative estimate of drug-likeness (QED) is 0.728. The van der Waals surface area contributed by atoms with Crippen LogP contribution in [0.1, 0.15) is 22.3 Å². The fourth-order valence-corrected chi connectivity index (χ4v) is 1.70. The van der Waals surface area contributed by atoms with Crippen LogP contribution in [0.2, 0.25) is 0 Å². The first-order valence-electron chi connectivity index (χ1n) is 4.79. The highest BCUT2D eigenvalue weighted by Gasteiger charge is 2.17. The number of amides is 1. The summed E-state index contributed by atoms with van der Waals surface area (Å²) in [5, 5.41) is 2.61. The van der Waals surface area contributed by atoms with Gasteiger partial charge in [0.05, 0.1) is 12.2 Å². The van der Waals surface area contributed by atoms with Gasteiger partial charge in [0.2, 0.25) is 0 Å². The lowest BCUT2D eigenvalue weighted by molar-refractivity contribution is 0.0958. The van der Waals surface area contributed by atoms with E-state index in [1.165, 1.54) is 0 Å². The maximum absolute atomic E-state index is 11.5. The predicted molar refractivity (Wildman–Crippen MR) is 53.6 cm³/mol. The van der Waals surface area contributed by atoms with Gasteiger partial charge in [0.1, 0.15) is 5.75 Å². The minimum atomic E-state index is -0.0799. The first-order valence-corrected chi connectivity index (χ1v) is 4.79. The van der Waals surface area contributed by atoms with Crippen LogP contribution in [-0.2, 0) is 6.42 Å². The van der Waals surface area contributed by atoms with Gasteiger partial charge in [0.25, 0.3) is 5.91 Å². The molecule has 1 heterocycles. The summed E-state index contributed by atoms with van der Waals surface area (Å²) in [4.78, 5) is 11.5. The maximum atomic E-state index is 11.5. The third-order valence-corrected chi connectivity index (χ3v) is 2.41. The molecule has 3 heteroatoms. The van der Waals surface area contributed by atoms with E-state index < -0.39 is 0 Å². The largest absolute Gasteiger partial charge is 0.492 e. The Bertz CT molecular complexity index is 360. The van der Waals surface area contributed by atoms with E-state index in [9.17, 15) is 4.79 Å². The van der Waals surface area contributed by atoms with Gasteiger partial charge in [0, 0.05) is 7.05 Å². The highest BCUT2D eigenvalue weighted by molar-refractivity contribution is 5.97. The van der Waals surface area contributed by atoms with Crippen molar-refractivity contribution in [2.45, 2.75) is 12.8 Å². The standard InChI is InChI=1S/C11H13NO2/c1-12-11(13)9-6-2-4-8-5-3-7-14-10(8)9/h2,4,6H,3,5,7H2,1H3,(H,12,13). The van der Waals surface area contributed by atoms with E-state index in [2.05, 4.69) is 5.32 Å². The fraction of sp³-hybridized carbons (Fsp3) is 0.364. The summed E-state index contributed by atoms with van der Waals surface area (Å²) in [6, 6.07) is 5.71. The summed E-state index contributed by atoms with van der Waals surface area (Å²) >= 11 is 0. The van der Waals surface area contributed by atoms with Crippen LogP contribution in [0.15, 0.2) is 18.2 Å². The highest BCUT2D eigenvalue weighted by Crippen LogP contribution is 2.28. The average molecular weight is 191 g/mol. The molecule has 3 nitrogen and oxygen atoms in total. The van der Waals surface area contributed by atoms with E-state index in [0.29, 0.717) is 12.2 Å². The van der Waals surface area contributed by atoms with Gasteiger partial charge in [-0.15, -0.1) is 0 Å². The van der Waals surface area contributed by atoms with Crippen LogP contribution >= 0.6 is 0 Å². The van der Waals surface area contributed by atoms with Crippen LogP contribution in [0, 0.1) is 0 Å². The molecule has 1 aromatic rings. The Morgan fingerprint density at radius 2 is 2.36 bits per heavy atom. The molecular formula is C11H13NO2. The van der Waals surface area contributed by atoms with E-state index >= 15 is 0 Å². The van der Waals surface area contributed by atoms with Gasteiger partial charge in [-0.05, 0) is 24.5 Å². The van der Waals surface area contributed by atoms with Crippen LogP contribution in [-0.4, -0.2) is 19.6 Å². The van der Waals surface area contributed by atoms with Gasteiger partial charge < -0.3 is 10.1 Å². The first-order chi connectivity index (χ1) is 6.83. The third kappa shape index (κ3) is 1.45. The smallest absolute Gasteiger partial charge is 0.254 e. The molecule has 1 aliphatic heterocycles. The number of hydrogen-bond acceptors (Lipinski definition) is 2. The first kappa shape index (κ1) is 9.06. The summed E-state index contributed by atoms with van der Waals surface area (Å²) in [6.07, 6.45) is 2.03. The van der Waals surface area contributed by atoms with Crippen LogP contribution < -0.4 is 10.1 Å². The molecule has 0 saturated heterocycles. The number of para-hydroxylation sites is 1. The fourth-order valence-electron chi connectivity index (χ4n) is 1.70. The Hall–Kier alpha value is -1.51. The highest BCUT2D eigenvalue weighted by atomic mass is 16.5. The van der Waals surface area contributed by atoms with E-state index in [4.69, 9.17) is 4.74 Å². The summed E-state index contributed by atoms with van der Waals surface area (Å²) in [6.45, 7) is 0.709.